The minimum Gasteiger partial charge on any atom is -0.507 e. The molecule has 0 aromatic heterocycles. The van der Waals surface area contributed by atoms with Crippen molar-refractivity contribution < 1.29 is 23.1 Å². The number of Topliss-reactive ketones (excluding diaryl/α,β-unsaturated/α-hetero) is 1. The Bertz CT molecular complexity index is 486. The molecule has 0 saturated heterocycles. The van der Waals surface area contributed by atoms with Crippen LogP contribution in [0.15, 0.2) is 12.1 Å². The predicted octanol–water partition coefficient (Wildman–Crippen LogP) is 2.49. The molecular formula is C10H6F3NO2. The number of alkyl halides is 3. The van der Waals surface area contributed by atoms with E-state index in [0.29, 0.717) is 0 Å². The number of hydrogen-bond acceptors (Lipinski definition) is 3. The third kappa shape index (κ3) is 1.98. The molecule has 3 nitrogen and oxygen atoms in total. The first kappa shape index (κ1) is 12.0. The molecule has 6 heteroatoms. The molecule has 0 aliphatic heterocycles. The molecule has 1 aromatic rings. The summed E-state index contributed by atoms with van der Waals surface area (Å²) in [4.78, 5) is 11.1. The van der Waals surface area contributed by atoms with Crippen molar-refractivity contribution >= 4 is 5.78 Å². The number of rotatable bonds is 1. The number of phenols is 1. The monoisotopic (exact) mass is 229 g/mol. The zero-order valence-electron chi connectivity index (χ0n) is 8.09. The van der Waals surface area contributed by atoms with E-state index in [4.69, 9.17) is 10.4 Å². The third-order valence-corrected chi connectivity index (χ3v) is 1.94. The molecule has 0 heterocycles. The van der Waals surface area contributed by atoms with Crippen LogP contribution in [0.4, 0.5) is 13.2 Å². The van der Waals surface area contributed by atoms with Crippen LogP contribution >= 0.6 is 0 Å². The summed E-state index contributed by atoms with van der Waals surface area (Å²) >= 11 is 0. The van der Waals surface area contributed by atoms with Crippen molar-refractivity contribution in [2.75, 3.05) is 0 Å². The second-order valence-corrected chi connectivity index (χ2v) is 3.05. The van der Waals surface area contributed by atoms with E-state index < -0.39 is 34.4 Å². The van der Waals surface area contributed by atoms with Gasteiger partial charge in [0.25, 0.3) is 0 Å². The zero-order valence-corrected chi connectivity index (χ0v) is 8.09. The summed E-state index contributed by atoms with van der Waals surface area (Å²) in [6.45, 7) is 0.908. The molecule has 0 fully saturated rings. The number of ketones is 1. The molecule has 0 aliphatic carbocycles. The number of nitrogens with zero attached hydrogens (tertiary/aromatic N) is 1. The average molecular weight is 229 g/mol. The summed E-state index contributed by atoms with van der Waals surface area (Å²) in [5.41, 5.74) is -2.66. The van der Waals surface area contributed by atoms with Gasteiger partial charge in [-0.15, -0.1) is 0 Å². The number of carbonyl (C=O) groups is 1. The Morgan fingerprint density at radius 1 is 1.44 bits per heavy atom. The van der Waals surface area contributed by atoms with Gasteiger partial charge in [0.15, 0.2) is 5.78 Å². The highest BCUT2D eigenvalue weighted by molar-refractivity contribution is 5.98. The van der Waals surface area contributed by atoms with Gasteiger partial charge in [0.1, 0.15) is 11.3 Å². The van der Waals surface area contributed by atoms with Crippen molar-refractivity contribution in [2.45, 2.75) is 13.1 Å². The van der Waals surface area contributed by atoms with Crippen LogP contribution in [0.1, 0.15) is 28.4 Å². The highest BCUT2D eigenvalue weighted by Gasteiger charge is 2.39. The van der Waals surface area contributed by atoms with E-state index in [-0.39, 0.29) is 0 Å². The number of hydrogen-bond donors (Lipinski definition) is 1. The molecule has 1 N–H and O–H groups in total. The fourth-order valence-corrected chi connectivity index (χ4v) is 1.34. The number of halogens is 3. The van der Waals surface area contributed by atoms with Gasteiger partial charge in [0.05, 0.1) is 17.2 Å². The molecule has 0 amide bonds. The molecule has 0 aliphatic rings. The van der Waals surface area contributed by atoms with Crippen LogP contribution in [0.3, 0.4) is 0 Å². The Morgan fingerprint density at radius 3 is 2.38 bits per heavy atom. The van der Waals surface area contributed by atoms with E-state index in [1.165, 1.54) is 6.07 Å². The summed E-state index contributed by atoms with van der Waals surface area (Å²) < 4.78 is 37.7. The van der Waals surface area contributed by atoms with Gasteiger partial charge >= 0.3 is 6.18 Å². The smallest absolute Gasteiger partial charge is 0.420 e. The largest absolute Gasteiger partial charge is 0.507 e. The van der Waals surface area contributed by atoms with Gasteiger partial charge in [-0.25, -0.2) is 0 Å². The molecule has 0 saturated carbocycles. The van der Waals surface area contributed by atoms with Crippen LogP contribution in [0, 0.1) is 11.3 Å². The maximum absolute atomic E-state index is 12.6. The van der Waals surface area contributed by atoms with Crippen LogP contribution in [0.25, 0.3) is 0 Å². The van der Waals surface area contributed by atoms with Crippen LogP contribution < -0.4 is 0 Å². The standard InChI is InChI=1S/C10H6F3NO2/c1-5(15)8-6(4-14)2-3-7(16)9(8)10(11,12)13/h2-3,16H,1H3. The number of benzene rings is 1. The lowest BCUT2D eigenvalue weighted by Crippen LogP contribution is -2.13. The van der Waals surface area contributed by atoms with Crippen molar-refractivity contribution in [1.29, 1.82) is 5.26 Å². The minimum absolute atomic E-state index is 0.405. The van der Waals surface area contributed by atoms with Crippen LogP contribution in [0.5, 0.6) is 5.75 Å². The molecular weight excluding hydrogens is 223 g/mol. The molecule has 0 bridgehead atoms. The SMILES string of the molecule is CC(=O)c1c(C#N)ccc(O)c1C(F)(F)F. The summed E-state index contributed by atoms with van der Waals surface area (Å²) in [6, 6.07) is 3.20. The second-order valence-electron chi connectivity index (χ2n) is 3.05. The number of nitriles is 1. The van der Waals surface area contributed by atoms with E-state index in [9.17, 15) is 18.0 Å². The number of carbonyl (C=O) groups excluding carboxylic acids is 1. The van der Waals surface area contributed by atoms with Crippen molar-refractivity contribution in [2.24, 2.45) is 0 Å². The molecule has 1 rings (SSSR count). The lowest BCUT2D eigenvalue weighted by atomic mass is 9.97. The Labute approximate surface area is 88.7 Å². The number of phenolic OH excluding ortho intramolecular Hbond substituents is 1. The van der Waals surface area contributed by atoms with Gasteiger partial charge in [-0.2, -0.15) is 18.4 Å². The lowest BCUT2D eigenvalue weighted by molar-refractivity contribution is -0.139. The Balaban J connectivity index is 3.70. The van der Waals surface area contributed by atoms with Crippen molar-refractivity contribution in [1.82, 2.24) is 0 Å². The van der Waals surface area contributed by atoms with Gasteiger partial charge in [-0.1, -0.05) is 0 Å². The van der Waals surface area contributed by atoms with E-state index in [0.717, 1.165) is 19.1 Å². The predicted molar refractivity (Wildman–Crippen MR) is 47.8 cm³/mol. The normalized spacial score (nSPS) is 10.9. The molecule has 0 unspecified atom stereocenters. The topological polar surface area (TPSA) is 61.1 Å². The van der Waals surface area contributed by atoms with Crippen molar-refractivity contribution in [3.05, 3.63) is 28.8 Å². The highest BCUT2D eigenvalue weighted by Crippen LogP contribution is 2.39. The lowest BCUT2D eigenvalue weighted by Gasteiger charge is -2.13. The molecule has 0 radical (unpaired) electrons. The van der Waals surface area contributed by atoms with E-state index >= 15 is 0 Å². The van der Waals surface area contributed by atoms with E-state index in [1.807, 2.05) is 0 Å². The van der Waals surface area contributed by atoms with Gasteiger partial charge in [0.2, 0.25) is 0 Å². The van der Waals surface area contributed by atoms with Gasteiger partial charge < -0.3 is 5.11 Å². The van der Waals surface area contributed by atoms with Crippen molar-refractivity contribution in [3.8, 4) is 11.8 Å². The average Bonchev–Trinajstić information content (AvgIpc) is 2.15. The molecule has 0 atom stereocenters. The summed E-state index contributed by atoms with van der Waals surface area (Å²) in [7, 11) is 0. The zero-order chi connectivity index (χ0) is 12.5. The fourth-order valence-electron chi connectivity index (χ4n) is 1.34. The first-order chi connectivity index (χ1) is 7.29. The first-order valence-electron chi connectivity index (χ1n) is 4.13. The maximum Gasteiger partial charge on any atom is 0.420 e. The molecule has 84 valence electrons. The Hall–Kier alpha value is -2.03. The van der Waals surface area contributed by atoms with E-state index in [1.54, 1.807) is 0 Å². The second kappa shape index (κ2) is 3.85. The number of aromatic hydroxyl groups is 1. The van der Waals surface area contributed by atoms with E-state index in [2.05, 4.69) is 0 Å². The fraction of sp³-hybridized carbons (Fsp3) is 0.200. The summed E-state index contributed by atoms with van der Waals surface area (Å²) in [5.74, 6) is -1.98. The quantitative estimate of drug-likeness (QED) is 0.752. The molecule has 16 heavy (non-hydrogen) atoms. The van der Waals surface area contributed by atoms with Gasteiger partial charge in [-0.3, -0.25) is 4.79 Å². The Morgan fingerprint density at radius 2 is 2.00 bits per heavy atom. The van der Waals surface area contributed by atoms with Crippen molar-refractivity contribution in [3.63, 3.8) is 0 Å². The minimum atomic E-state index is -4.88. The molecule has 1 aromatic carbocycles. The summed E-state index contributed by atoms with van der Waals surface area (Å²) in [5, 5.41) is 17.7. The maximum atomic E-state index is 12.6. The van der Waals surface area contributed by atoms with Crippen LogP contribution in [0.2, 0.25) is 0 Å². The van der Waals surface area contributed by atoms with Gasteiger partial charge in [0, 0.05) is 0 Å². The van der Waals surface area contributed by atoms with Gasteiger partial charge in [-0.05, 0) is 19.1 Å². The Kier molecular flexibility index (Phi) is 2.90. The molecule has 0 spiro atoms. The highest BCUT2D eigenvalue weighted by atomic mass is 19.4. The third-order valence-electron chi connectivity index (χ3n) is 1.94. The summed E-state index contributed by atoms with van der Waals surface area (Å²) in [6.07, 6.45) is -4.88. The van der Waals surface area contributed by atoms with Crippen LogP contribution in [-0.4, -0.2) is 10.9 Å². The van der Waals surface area contributed by atoms with Crippen LogP contribution in [-0.2, 0) is 6.18 Å². The first-order valence-corrected chi connectivity index (χ1v) is 4.13.